The van der Waals surface area contributed by atoms with Gasteiger partial charge in [-0.2, -0.15) is 4.31 Å². The molecule has 2 heterocycles. The van der Waals surface area contributed by atoms with Gasteiger partial charge in [0.25, 0.3) is 10.0 Å². The van der Waals surface area contributed by atoms with E-state index in [1.165, 1.54) is 4.31 Å². The number of hydrogen-bond donors (Lipinski definition) is 1. The summed E-state index contributed by atoms with van der Waals surface area (Å²) >= 11 is 4.45. The molecular formula is C17H19BrN2O3S2. The zero-order chi connectivity index (χ0) is 18.2. The van der Waals surface area contributed by atoms with Gasteiger partial charge in [0.15, 0.2) is 0 Å². The number of thiophene rings is 1. The quantitative estimate of drug-likeness (QED) is 0.779. The van der Waals surface area contributed by atoms with Crippen LogP contribution in [-0.4, -0.2) is 31.2 Å². The first-order chi connectivity index (χ1) is 11.8. The Morgan fingerprint density at radius 2 is 2.04 bits per heavy atom. The number of carbonyl (C=O) groups is 1. The summed E-state index contributed by atoms with van der Waals surface area (Å²) in [6.07, 6.45) is 1.21. The molecule has 2 aromatic rings. The first-order valence-corrected chi connectivity index (χ1v) is 11.0. The van der Waals surface area contributed by atoms with Crippen LogP contribution in [-0.2, 0) is 14.8 Å². The van der Waals surface area contributed by atoms with Gasteiger partial charge in [0.1, 0.15) is 10.3 Å². The van der Waals surface area contributed by atoms with E-state index in [2.05, 4.69) is 21.2 Å². The van der Waals surface area contributed by atoms with Crippen molar-refractivity contribution in [1.29, 1.82) is 0 Å². The molecule has 1 saturated heterocycles. The highest BCUT2D eigenvalue weighted by atomic mass is 79.9. The molecule has 0 radical (unpaired) electrons. The second-order valence-corrected chi connectivity index (χ2v) is 10.6. The fraction of sp³-hybridized carbons (Fsp3) is 0.353. The summed E-state index contributed by atoms with van der Waals surface area (Å²) in [6, 6.07) is 8.30. The number of anilines is 1. The van der Waals surface area contributed by atoms with E-state index in [4.69, 9.17) is 0 Å². The molecule has 1 amide bonds. The van der Waals surface area contributed by atoms with Crippen LogP contribution in [0.25, 0.3) is 0 Å². The zero-order valence-corrected chi connectivity index (χ0v) is 17.2. The van der Waals surface area contributed by atoms with Crippen molar-refractivity contribution in [3.05, 3.63) is 45.2 Å². The van der Waals surface area contributed by atoms with Crippen LogP contribution in [0.15, 0.2) is 38.3 Å². The molecule has 1 fully saturated rings. The van der Waals surface area contributed by atoms with Gasteiger partial charge in [0, 0.05) is 12.2 Å². The van der Waals surface area contributed by atoms with Gasteiger partial charge in [-0.25, -0.2) is 8.42 Å². The molecule has 8 heteroatoms. The van der Waals surface area contributed by atoms with Crippen molar-refractivity contribution in [2.24, 2.45) is 0 Å². The Bertz CT molecular complexity index is 908. The molecule has 1 aromatic heterocycles. The first-order valence-electron chi connectivity index (χ1n) is 7.95. The van der Waals surface area contributed by atoms with Crippen LogP contribution in [0.1, 0.15) is 24.0 Å². The van der Waals surface area contributed by atoms with Crippen molar-refractivity contribution >= 4 is 48.9 Å². The maximum Gasteiger partial charge on any atom is 0.253 e. The van der Waals surface area contributed by atoms with Gasteiger partial charge in [-0.05, 0) is 71.9 Å². The Morgan fingerprint density at radius 3 is 2.72 bits per heavy atom. The minimum absolute atomic E-state index is 0.255. The van der Waals surface area contributed by atoms with E-state index in [0.717, 1.165) is 31.9 Å². The third-order valence-electron chi connectivity index (χ3n) is 4.48. The second kappa shape index (κ2) is 7.19. The normalized spacial score (nSPS) is 18.4. The van der Waals surface area contributed by atoms with E-state index < -0.39 is 16.1 Å². The maximum atomic E-state index is 12.9. The van der Waals surface area contributed by atoms with E-state index >= 15 is 0 Å². The molecule has 1 atom stereocenters. The van der Waals surface area contributed by atoms with Crippen molar-refractivity contribution in [3.63, 3.8) is 0 Å². The SMILES string of the molecule is Cc1cccc(NC(=O)[C@H]2CCCN2S(=O)(=O)c2ccc(Br)s2)c1C. The lowest BCUT2D eigenvalue weighted by Gasteiger charge is -2.23. The molecule has 0 spiro atoms. The minimum atomic E-state index is -3.66. The molecule has 0 bridgehead atoms. The monoisotopic (exact) mass is 442 g/mol. The van der Waals surface area contributed by atoms with E-state index in [9.17, 15) is 13.2 Å². The Labute approximate surface area is 160 Å². The van der Waals surface area contributed by atoms with Crippen LogP contribution >= 0.6 is 27.3 Å². The summed E-state index contributed by atoms with van der Waals surface area (Å²) in [5.41, 5.74) is 2.80. The first kappa shape index (κ1) is 18.6. The predicted molar refractivity (Wildman–Crippen MR) is 103 cm³/mol. The van der Waals surface area contributed by atoms with Gasteiger partial charge in [-0.1, -0.05) is 12.1 Å². The molecule has 25 heavy (non-hydrogen) atoms. The summed E-state index contributed by atoms with van der Waals surface area (Å²) in [4.78, 5) is 12.7. The second-order valence-electron chi connectivity index (χ2n) is 6.07. The average molecular weight is 443 g/mol. The van der Waals surface area contributed by atoms with Crippen LogP contribution in [0.4, 0.5) is 5.69 Å². The summed E-state index contributed by atoms with van der Waals surface area (Å²) in [5.74, 6) is -0.273. The van der Waals surface area contributed by atoms with Crippen molar-refractivity contribution < 1.29 is 13.2 Å². The van der Waals surface area contributed by atoms with Crippen LogP contribution < -0.4 is 5.32 Å². The number of amides is 1. The van der Waals surface area contributed by atoms with Gasteiger partial charge >= 0.3 is 0 Å². The summed E-state index contributed by atoms with van der Waals surface area (Å²) < 4.78 is 28.1. The van der Waals surface area contributed by atoms with E-state index in [0.29, 0.717) is 19.4 Å². The molecular weight excluding hydrogens is 424 g/mol. The lowest BCUT2D eigenvalue weighted by Crippen LogP contribution is -2.42. The number of carbonyl (C=O) groups excluding carboxylic acids is 1. The van der Waals surface area contributed by atoms with E-state index in [1.54, 1.807) is 12.1 Å². The summed E-state index contributed by atoms with van der Waals surface area (Å²) in [6.45, 7) is 4.28. The average Bonchev–Trinajstić information content (AvgIpc) is 3.21. The van der Waals surface area contributed by atoms with Gasteiger partial charge in [-0.3, -0.25) is 4.79 Å². The van der Waals surface area contributed by atoms with Gasteiger partial charge in [0.2, 0.25) is 5.91 Å². The highest BCUT2D eigenvalue weighted by molar-refractivity contribution is 9.11. The zero-order valence-electron chi connectivity index (χ0n) is 14.0. The number of rotatable bonds is 4. The smallest absolute Gasteiger partial charge is 0.253 e. The molecule has 0 saturated carbocycles. The predicted octanol–water partition coefficient (Wildman–Crippen LogP) is 3.92. The lowest BCUT2D eigenvalue weighted by molar-refractivity contribution is -0.119. The third kappa shape index (κ3) is 3.67. The number of sulfonamides is 1. The molecule has 1 aliphatic rings. The van der Waals surface area contributed by atoms with Crippen molar-refractivity contribution in [2.75, 3.05) is 11.9 Å². The maximum absolute atomic E-state index is 12.9. The van der Waals surface area contributed by atoms with E-state index in [-0.39, 0.29) is 10.1 Å². The molecule has 0 unspecified atom stereocenters. The third-order valence-corrected chi connectivity index (χ3v) is 8.48. The Kier molecular flexibility index (Phi) is 5.34. The van der Waals surface area contributed by atoms with Gasteiger partial charge in [0.05, 0.1) is 3.79 Å². The summed E-state index contributed by atoms with van der Waals surface area (Å²) in [7, 11) is -3.66. The van der Waals surface area contributed by atoms with Crippen LogP contribution in [0.3, 0.4) is 0 Å². The van der Waals surface area contributed by atoms with Crippen LogP contribution in [0.5, 0.6) is 0 Å². The fourth-order valence-electron chi connectivity index (χ4n) is 2.94. The van der Waals surface area contributed by atoms with Crippen LogP contribution in [0.2, 0.25) is 0 Å². The molecule has 134 valence electrons. The minimum Gasteiger partial charge on any atom is -0.324 e. The van der Waals surface area contributed by atoms with Crippen molar-refractivity contribution in [1.82, 2.24) is 4.31 Å². The number of hydrogen-bond acceptors (Lipinski definition) is 4. The van der Waals surface area contributed by atoms with Gasteiger partial charge in [-0.15, -0.1) is 11.3 Å². The summed E-state index contributed by atoms with van der Waals surface area (Å²) in [5, 5.41) is 2.90. The standard InChI is InChI=1S/C17H19BrN2O3S2/c1-11-5-3-6-13(12(11)2)19-17(21)14-7-4-10-20(14)25(22,23)16-9-8-15(18)24-16/h3,5-6,8-9,14H,4,7,10H2,1-2H3,(H,19,21)/t14-/m1/s1. The molecule has 1 N–H and O–H groups in total. The largest absolute Gasteiger partial charge is 0.324 e. The fourth-order valence-corrected chi connectivity index (χ4v) is 6.74. The molecule has 5 nitrogen and oxygen atoms in total. The molecule has 1 aliphatic heterocycles. The van der Waals surface area contributed by atoms with Crippen molar-refractivity contribution in [2.45, 2.75) is 36.9 Å². The number of nitrogens with zero attached hydrogens (tertiary/aromatic N) is 1. The number of nitrogens with one attached hydrogen (secondary N) is 1. The highest BCUT2D eigenvalue weighted by Crippen LogP contribution is 2.33. The Balaban J connectivity index is 1.84. The highest BCUT2D eigenvalue weighted by Gasteiger charge is 2.40. The molecule has 3 rings (SSSR count). The van der Waals surface area contributed by atoms with Crippen LogP contribution in [0, 0.1) is 13.8 Å². The molecule has 0 aliphatic carbocycles. The number of halogens is 1. The topological polar surface area (TPSA) is 66.5 Å². The number of benzene rings is 1. The van der Waals surface area contributed by atoms with E-state index in [1.807, 2.05) is 32.0 Å². The van der Waals surface area contributed by atoms with Gasteiger partial charge < -0.3 is 5.32 Å². The Hall–Kier alpha value is -1.22. The lowest BCUT2D eigenvalue weighted by atomic mass is 10.1. The van der Waals surface area contributed by atoms with Crippen molar-refractivity contribution in [3.8, 4) is 0 Å². The Morgan fingerprint density at radius 1 is 1.28 bits per heavy atom. The number of aryl methyl sites for hydroxylation is 1. The molecule has 1 aromatic carbocycles.